The van der Waals surface area contributed by atoms with Gasteiger partial charge in [-0.15, -0.1) is 0 Å². The highest BCUT2D eigenvalue weighted by molar-refractivity contribution is 6.32. The third-order valence-electron chi connectivity index (χ3n) is 3.24. The molecule has 1 unspecified atom stereocenters. The maximum absolute atomic E-state index is 6.24. The molecule has 0 bridgehead atoms. The molecule has 0 radical (unpaired) electrons. The quantitative estimate of drug-likeness (QED) is 0.820. The van der Waals surface area contributed by atoms with Crippen LogP contribution in [0.25, 0.3) is 0 Å². The second-order valence-electron chi connectivity index (χ2n) is 5.05. The molecule has 0 heterocycles. The average molecular weight is 286 g/mol. The van der Waals surface area contributed by atoms with E-state index in [4.69, 9.17) is 21.1 Å². The van der Waals surface area contributed by atoms with Crippen LogP contribution in [0.1, 0.15) is 38.3 Å². The summed E-state index contributed by atoms with van der Waals surface area (Å²) in [6.45, 7) is 4.46. The second kappa shape index (κ2) is 7.61. The number of methoxy groups -OCH3 is 2. The molecule has 0 aliphatic heterocycles. The molecule has 1 atom stereocenters. The number of hydrogen-bond acceptors (Lipinski definition) is 3. The molecular weight excluding hydrogens is 262 g/mol. The lowest BCUT2D eigenvalue weighted by Crippen LogP contribution is -2.17. The van der Waals surface area contributed by atoms with Gasteiger partial charge in [-0.3, -0.25) is 0 Å². The van der Waals surface area contributed by atoms with Crippen molar-refractivity contribution in [2.45, 2.75) is 32.7 Å². The summed E-state index contributed by atoms with van der Waals surface area (Å²) in [4.78, 5) is 0. The van der Waals surface area contributed by atoms with E-state index >= 15 is 0 Å². The predicted octanol–water partition coefficient (Wildman–Crippen LogP) is 4.05. The van der Waals surface area contributed by atoms with E-state index in [1.165, 1.54) is 0 Å². The molecule has 1 N–H and O–H groups in total. The fourth-order valence-corrected chi connectivity index (χ4v) is 2.41. The average Bonchev–Trinajstić information content (AvgIpc) is 2.38. The SMILES string of the molecule is CNC(CCC(C)C)c1cc(Cl)c(OC)c(OC)c1. The smallest absolute Gasteiger partial charge is 0.179 e. The van der Waals surface area contributed by atoms with Crippen molar-refractivity contribution in [2.24, 2.45) is 5.92 Å². The zero-order valence-corrected chi connectivity index (χ0v) is 13.2. The summed E-state index contributed by atoms with van der Waals surface area (Å²) < 4.78 is 10.6. The Morgan fingerprint density at radius 3 is 2.32 bits per heavy atom. The Balaban J connectivity index is 3.01. The molecular formula is C15H24ClNO2. The number of halogens is 1. The fraction of sp³-hybridized carbons (Fsp3) is 0.600. The van der Waals surface area contributed by atoms with Gasteiger partial charge in [0.15, 0.2) is 11.5 Å². The third kappa shape index (κ3) is 4.29. The van der Waals surface area contributed by atoms with E-state index in [2.05, 4.69) is 19.2 Å². The molecule has 1 aromatic carbocycles. The van der Waals surface area contributed by atoms with Gasteiger partial charge in [0.1, 0.15) is 0 Å². The molecule has 0 saturated carbocycles. The Hall–Kier alpha value is -0.930. The summed E-state index contributed by atoms with van der Waals surface area (Å²) in [5.41, 5.74) is 1.13. The molecule has 3 nitrogen and oxygen atoms in total. The lowest BCUT2D eigenvalue weighted by molar-refractivity contribution is 0.353. The van der Waals surface area contributed by atoms with Crippen LogP contribution in [0, 0.1) is 5.92 Å². The highest BCUT2D eigenvalue weighted by atomic mass is 35.5. The predicted molar refractivity (Wildman–Crippen MR) is 80.4 cm³/mol. The summed E-state index contributed by atoms with van der Waals surface area (Å²) in [5.74, 6) is 1.95. The maximum atomic E-state index is 6.24. The van der Waals surface area contributed by atoms with Crippen LogP contribution in [-0.4, -0.2) is 21.3 Å². The van der Waals surface area contributed by atoms with Gasteiger partial charge >= 0.3 is 0 Å². The largest absolute Gasteiger partial charge is 0.493 e. The van der Waals surface area contributed by atoms with Crippen molar-refractivity contribution in [1.29, 1.82) is 0 Å². The minimum Gasteiger partial charge on any atom is -0.493 e. The maximum Gasteiger partial charge on any atom is 0.179 e. The lowest BCUT2D eigenvalue weighted by atomic mass is 9.97. The Kier molecular flexibility index (Phi) is 6.46. The molecule has 0 spiro atoms. The molecule has 0 fully saturated rings. The van der Waals surface area contributed by atoms with Crippen LogP contribution in [0.15, 0.2) is 12.1 Å². The highest BCUT2D eigenvalue weighted by Gasteiger charge is 2.16. The molecule has 1 rings (SSSR count). The van der Waals surface area contributed by atoms with E-state index in [-0.39, 0.29) is 6.04 Å². The van der Waals surface area contributed by atoms with Crippen molar-refractivity contribution in [3.05, 3.63) is 22.7 Å². The van der Waals surface area contributed by atoms with E-state index in [1.807, 2.05) is 19.2 Å². The number of benzene rings is 1. The molecule has 1 aromatic rings. The van der Waals surface area contributed by atoms with Gasteiger partial charge in [0, 0.05) is 6.04 Å². The van der Waals surface area contributed by atoms with Gasteiger partial charge in [0.05, 0.1) is 19.2 Å². The Morgan fingerprint density at radius 1 is 1.16 bits per heavy atom. The van der Waals surface area contributed by atoms with E-state index < -0.39 is 0 Å². The van der Waals surface area contributed by atoms with Crippen LogP contribution in [0.3, 0.4) is 0 Å². The van der Waals surface area contributed by atoms with Crippen LogP contribution in [-0.2, 0) is 0 Å². The first-order valence-corrected chi connectivity index (χ1v) is 6.99. The highest BCUT2D eigenvalue weighted by Crippen LogP contribution is 2.38. The van der Waals surface area contributed by atoms with Crippen molar-refractivity contribution < 1.29 is 9.47 Å². The number of hydrogen-bond donors (Lipinski definition) is 1. The number of nitrogens with one attached hydrogen (secondary N) is 1. The molecule has 0 aliphatic rings. The molecule has 19 heavy (non-hydrogen) atoms. The molecule has 0 aliphatic carbocycles. The summed E-state index contributed by atoms with van der Waals surface area (Å²) >= 11 is 6.24. The standard InChI is InChI=1S/C15H24ClNO2/c1-10(2)6-7-13(17-3)11-8-12(16)15(19-5)14(9-11)18-4/h8-10,13,17H,6-7H2,1-5H3. The van der Waals surface area contributed by atoms with E-state index in [0.29, 0.717) is 22.4 Å². The number of rotatable bonds is 7. The molecule has 0 amide bonds. The van der Waals surface area contributed by atoms with E-state index in [1.54, 1.807) is 14.2 Å². The van der Waals surface area contributed by atoms with Crippen LogP contribution < -0.4 is 14.8 Å². The molecule has 108 valence electrons. The second-order valence-corrected chi connectivity index (χ2v) is 5.46. The molecule has 4 heteroatoms. The Morgan fingerprint density at radius 2 is 1.84 bits per heavy atom. The molecule has 0 aromatic heterocycles. The van der Waals surface area contributed by atoms with Crippen LogP contribution >= 0.6 is 11.6 Å². The van der Waals surface area contributed by atoms with Crippen molar-refractivity contribution in [3.8, 4) is 11.5 Å². The third-order valence-corrected chi connectivity index (χ3v) is 3.52. The fourth-order valence-electron chi connectivity index (χ4n) is 2.12. The minimum atomic E-state index is 0.278. The van der Waals surface area contributed by atoms with Gasteiger partial charge < -0.3 is 14.8 Å². The summed E-state index contributed by atoms with van der Waals surface area (Å²) in [7, 11) is 5.19. The zero-order chi connectivity index (χ0) is 14.4. The van der Waals surface area contributed by atoms with Gasteiger partial charge in [-0.2, -0.15) is 0 Å². The van der Waals surface area contributed by atoms with Crippen molar-refractivity contribution in [3.63, 3.8) is 0 Å². The van der Waals surface area contributed by atoms with E-state index in [9.17, 15) is 0 Å². The van der Waals surface area contributed by atoms with Crippen molar-refractivity contribution >= 4 is 11.6 Å². The van der Waals surface area contributed by atoms with Crippen LogP contribution in [0.2, 0.25) is 5.02 Å². The first-order chi connectivity index (χ1) is 9.03. The summed E-state index contributed by atoms with van der Waals surface area (Å²) in [6.07, 6.45) is 2.23. The molecule has 0 saturated heterocycles. The Bertz CT molecular complexity index is 407. The first-order valence-electron chi connectivity index (χ1n) is 6.62. The van der Waals surface area contributed by atoms with Crippen LogP contribution in [0.5, 0.6) is 11.5 Å². The first kappa shape index (κ1) is 16.1. The summed E-state index contributed by atoms with van der Waals surface area (Å²) in [6, 6.07) is 4.22. The van der Waals surface area contributed by atoms with Crippen LogP contribution in [0.4, 0.5) is 0 Å². The topological polar surface area (TPSA) is 30.5 Å². The van der Waals surface area contributed by atoms with Gasteiger partial charge in [-0.1, -0.05) is 25.4 Å². The normalized spacial score (nSPS) is 12.6. The van der Waals surface area contributed by atoms with E-state index in [0.717, 1.165) is 18.4 Å². The monoisotopic (exact) mass is 285 g/mol. The van der Waals surface area contributed by atoms with Gasteiger partial charge in [-0.05, 0) is 43.5 Å². The van der Waals surface area contributed by atoms with Gasteiger partial charge in [0.25, 0.3) is 0 Å². The lowest BCUT2D eigenvalue weighted by Gasteiger charge is -2.20. The zero-order valence-electron chi connectivity index (χ0n) is 12.4. The van der Waals surface area contributed by atoms with Crippen molar-refractivity contribution in [1.82, 2.24) is 5.32 Å². The summed E-state index contributed by atoms with van der Waals surface area (Å²) in [5, 5.41) is 3.92. The Labute approximate surface area is 121 Å². The van der Waals surface area contributed by atoms with Gasteiger partial charge in [-0.25, -0.2) is 0 Å². The number of ether oxygens (including phenoxy) is 2. The van der Waals surface area contributed by atoms with Crippen molar-refractivity contribution in [2.75, 3.05) is 21.3 Å². The minimum absolute atomic E-state index is 0.278. The van der Waals surface area contributed by atoms with Gasteiger partial charge in [0.2, 0.25) is 0 Å².